The van der Waals surface area contributed by atoms with Gasteiger partial charge >= 0.3 is 0 Å². The maximum atomic E-state index is 12.2. The molecule has 0 N–H and O–H groups in total. The summed E-state index contributed by atoms with van der Waals surface area (Å²) in [7, 11) is -3.39. The van der Waals surface area contributed by atoms with E-state index in [0.29, 0.717) is 11.0 Å². The molecule has 0 aliphatic carbocycles. The molecule has 0 amide bonds. The highest BCUT2D eigenvalue weighted by atomic mass is 79.9. The first-order valence-corrected chi connectivity index (χ1v) is 7.21. The van der Waals surface area contributed by atoms with Gasteiger partial charge in [-0.2, -0.15) is 4.31 Å². The minimum Gasteiger partial charge on any atom is -0.262 e. The fourth-order valence-electron chi connectivity index (χ4n) is 1.76. The van der Waals surface area contributed by atoms with Gasteiger partial charge in [0.1, 0.15) is 4.90 Å². The largest absolute Gasteiger partial charge is 0.262 e. The summed E-state index contributed by atoms with van der Waals surface area (Å²) >= 11 is 3.23. The van der Waals surface area contributed by atoms with Crippen molar-refractivity contribution in [3.63, 3.8) is 0 Å². The molecule has 0 atom stereocenters. The van der Waals surface area contributed by atoms with Crippen LogP contribution in [-0.4, -0.2) is 29.8 Å². The van der Waals surface area contributed by atoms with Crippen LogP contribution in [0.15, 0.2) is 27.8 Å². The minimum atomic E-state index is -3.39. The molecule has 2 heterocycles. The molecule has 0 spiro atoms. The molecule has 1 aliphatic heterocycles. The van der Waals surface area contributed by atoms with Crippen molar-refractivity contribution < 1.29 is 8.42 Å². The minimum absolute atomic E-state index is 0.245. The molecule has 1 aromatic heterocycles. The number of hydrogen-bond acceptors (Lipinski definition) is 3. The monoisotopic (exact) mass is 304 g/mol. The van der Waals surface area contributed by atoms with Crippen LogP contribution in [0.4, 0.5) is 0 Å². The van der Waals surface area contributed by atoms with Gasteiger partial charge in [-0.1, -0.05) is 0 Å². The van der Waals surface area contributed by atoms with E-state index in [-0.39, 0.29) is 10.4 Å². The van der Waals surface area contributed by atoms with Gasteiger partial charge in [0.2, 0.25) is 10.0 Å². The molecule has 0 aromatic carbocycles. The molecule has 0 saturated carbocycles. The molecular weight excluding hydrogens is 292 g/mol. The Bertz CT molecular complexity index is 513. The van der Waals surface area contributed by atoms with Crippen molar-refractivity contribution in [2.24, 2.45) is 0 Å². The van der Waals surface area contributed by atoms with E-state index in [1.54, 1.807) is 12.3 Å². The van der Waals surface area contributed by atoms with E-state index in [9.17, 15) is 8.42 Å². The fourth-order valence-corrected chi connectivity index (χ4v) is 4.07. The fraction of sp³-hybridized carbons (Fsp3) is 0.500. The lowest BCUT2D eigenvalue weighted by atomic mass is 9.93. The molecule has 1 aliphatic rings. The molecule has 0 bridgehead atoms. The first-order chi connectivity index (χ1) is 7.34. The number of halogens is 1. The summed E-state index contributed by atoms with van der Waals surface area (Å²) in [5.74, 6) is 0. The van der Waals surface area contributed by atoms with Crippen LogP contribution < -0.4 is 0 Å². The Balaban J connectivity index is 2.40. The number of sulfonamides is 1. The van der Waals surface area contributed by atoms with E-state index >= 15 is 0 Å². The molecule has 4 nitrogen and oxygen atoms in total. The maximum absolute atomic E-state index is 12.2. The summed E-state index contributed by atoms with van der Waals surface area (Å²) in [5.41, 5.74) is -0.277. The second kappa shape index (κ2) is 3.78. The second-order valence-electron chi connectivity index (χ2n) is 4.48. The second-order valence-corrected chi connectivity index (χ2v) is 7.26. The summed E-state index contributed by atoms with van der Waals surface area (Å²) < 4.78 is 26.7. The Morgan fingerprint density at radius 1 is 1.44 bits per heavy atom. The highest BCUT2D eigenvalue weighted by molar-refractivity contribution is 9.10. The standard InChI is InChI=1S/C10H13BrN2O2S/c1-10(2)3-4-13(10)16(14,15)9-5-8(11)6-12-7-9/h5-7H,3-4H2,1-2H3. The molecule has 0 radical (unpaired) electrons. The molecule has 2 rings (SSSR count). The Labute approximate surface area is 104 Å². The molecule has 1 aromatic rings. The predicted molar refractivity (Wildman–Crippen MR) is 64.5 cm³/mol. The van der Waals surface area contributed by atoms with Crippen LogP contribution in [0, 0.1) is 0 Å². The summed E-state index contributed by atoms with van der Waals surface area (Å²) in [5, 5.41) is 0. The van der Waals surface area contributed by atoms with E-state index in [1.807, 2.05) is 13.8 Å². The van der Waals surface area contributed by atoms with Gasteiger partial charge in [0.25, 0.3) is 0 Å². The van der Waals surface area contributed by atoms with E-state index in [0.717, 1.165) is 6.42 Å². The van der Waals surface area contributed by atoms with Crippen molar-refractivity contribution >= 4 is 26.0 Å². The third-order valence-corrected chi connectivity index (χ3v) is 5.38. The Morgan fingerprint density at radius 2 is 2.12 bits per heavy atom. The van der Waals surface area contributed by atoms with Gasteiger partial charge in [0, 0.05) is 29.0 Å². The Hall–Kier alpha value is -0.460. The number of pyridine rings is 1. The van der Waals surface area contributed by atoms with E-state index in [1.165, 1.54) is 10.5 Å². The van der Waals surface area contributed by atoms with Crippen LogP contribution in [0.25, 0.3) is 0 Å². The summed E-state index contributed by atoms with van der Waals surface area (Å²) in [6.07, 6.45) is 3.85. The maximum Gasteiger partial charge on any atom is 0.245 e. The van der Waals surface area contributed by atoms with Crippen molar-refractivity contribution in [2.45, 2.75) is 30.7 Å². The van der Waals surface area contributed by atoms with Crippen LogP contribution in [0.1, 0.15) is 20.3 Å². The molecule has 0 unspecified atom stereocenters. The van der Waals surface area contributed by atoms with Crippen molar-refractivity contribution in [3.05, 3.63) is 22.9 Å². The third-order valence-electron chi connectivity index (χ3n) is 2.87. The predicted octanol–water partition coefficient (Wildman–Crippen LogP) is 2.02. The first-order valence-electron chi connectivity index (χ1n) is 4.97. The van der Waals surface area contributed by atoms with Crippen LogP contribution in [0.3, 0.4) is 0 Å². The summed E-state index contributed by atoms with van der Waals surface area (Å²) in [6.45, 7) is 4.45. The average Bonchev–Trinajstić information content (AvgIpc) is 2.15. The van der Waals surface area contributed by atoms with Crippen LogP contribution >= 0.6 is 15.9 Å². The van der Waals surface area contributed by atoms with Gasteiger partial charge < -0.3 is 0 Å². The van der Waals surface area contributed by atoms with E-state index < -0.39 is 10.0 Å². The number of aromatic nitrogens is 1. The summed E-state index contributed by atoms with van der Waals surface area (Å²) in [4.78, 5) is 4.13. The van der Waals surface area contributed by atoms with Crippen molar-refractivity contribution in [1.29, 1.82) is 0 Å². The van der Waals surface area contributed by atoms with Gasteiger partial charge in [0.15, 0.2) is 0 Å². The van der Waals surface area contributed by atoms with Crippen molar-refractivity contribution in [3.8, 4) is 0 Å². The lowest BCUT2D eigenvalue weighted by molar-refractivity contribution is 0.110. The normalized spacial score (nSPS) is 20.4. The van der Waals surface area contributed by atoms with Gasteiger partial charge in [-0.3, -0.25) is 4.98 Å². The number of nitrogens with zero attached hydrogens (tertiary/aromatic N) is 2. The highest BCUT2D eigenvalue weighted by Gasteiger charge is 2.44. The molecule has 1 saturated heterocycles. The first kappa shape index (κ1) is 12.0. The highest BCUT2D eigenvalue weighted by Crippen LogP contribution is 2.35. The topological polar surface area (TPSA) is 50.3 Å². The number of rotatable bonds is 2. The molecular formula is C10H13BrN2O2S. The van der Waals surface area contributed by atoms with E-state index in [4.69, 9.17) is 0 Å². The molecule has 6 heteroatoms. The Kier molecular flexibility index (Phi) is 2.84. The van der Waals surface area contributed by atoms with Crippen molar-refractivity contribution in [2.75, 3.05) is 6.54 Å². The van der Waals surface area contributed by atoms with Crippen LogP contribution in [0.2, 0.25) is 0 Å². The molecule has 16 heavy (non-hydrogen) atoms. The Morgan fingerprint density at radius 3 is 2.56 bits per heavy atom. The SMILES string of the molecule is CC1(C)CCN1S(=O)(=O)c1cncc(Br)c1. The average molecular weight is 305 g/mol. The summed E-state index contributed by atoms with van der Waals surface area (Å²) in [6, 6.07) is 1.58. The zero-order valence-electron chi connectivity index (χ0n) is 9.14. The zero-order valence-corrected chi connectivity index (χ0v) is 11.5. The molecule has 1 fully saturated rings. The number of hydrogen-bond donors (Lipinski definition) is 0. The van der Waals surface area contributed by atoms with E-state index in [2.05, 4.69) is 20.9 Å². The lowest BCUT2D eigenvalue weighted by Crippen LogP contribution is -2.58. The van der Waals surface area contributed by atoms with Gasteiger partial charge in [-0.25, -0.2) is 8.42 Å². The quantitative estimate of drug-likeness (QED) is 0.840. The third kappa shape index (κ3) is 1.89. The lowest BCUT2D eigenvalue weighted by Gasteiger charge is -2.46. The smallest absolute Gasteiger partial charge is 0.245 e. The van der Waals surface area contributed by atoms with Crippen LogP contribution in [-0.2, 0) is 10.0 Å². The van der Waals surface area contributed by atoms with Crippen LogP contribution in [0.5, 0.6) is 0 Å². The van der Waals surface area contributed by atoms with Gasteiger partial charge in [-0.05, 0) is 42.3 Å². The molecule has 88 valence electrons. The zero-order chi connectivity index (χ0) is 12.0. The van der Waals surface area contributed by atoms with Gasteiger partial charge in [-0.15, -0.1) is 0 Å². The van der Waals surface area contributed by atoms with Gasteiger partial charge in [0.05, 0.1) is 0 Å². The van der Waals surface area contributed by atoms with Crippen molar-refractivity contribution in [1.82, 2.24) is 9.29 Å².